The summed E-state index contributed by atoms with van der Waals surface area (Å²) >= 11 is 0. The van der Waals surface area contributed by atoms with Crippen molar-refractivity contribution in [3.8, 4) is 22.3 Å². The molecule has 0 heteroatoms. The molecule has 0 spiro atoms. The molecule has 0 unspecified atom stereocenters. The van der Waals surface area contributed by atoms with Gasteiger partial charge in [-0.05, 0) is 55.9 Å². The normalized spacial score (nSPS) is 10.5. The summed E-state index contributed by atoms with van der Waals surface area (Å²) in [6, 6.07) is 26.5. The van der Waals surface area contributed by atoms with Crippen LogP contribution >= 0.6 is 0 Å². The molecule has 0 amide bonds. The topological polar surface area (TPSA) is 0 Å². The minimum absolute atomic E-state index is 1.32. The Balaban J connectivity index is 0.000000396. The molecule has 4 aromatic carbocycles. The predicted molar refractivity (Wildman–Crippen MR) is 109 cm³/mol. The molecular formula is C24H24. The molecule has 0 heterocycles. The van der Waals surface area contributed by atoms with Gasteiger partial charge in [-0.2, -0.15) is 0 Å². The minimum atomic E-state index is 1.32. The summed E-state index contributed by atoms with van der Waals surface area (Å²) in [5.41, 5.74) is 5.49. The second kappa shape index (κ2) is 6.88. The smallest absolute Gasteiger partial charge is 0.00264 e. The fourth-order valence-corrected chi connectivity index (χ4v) is 3.48. The first-order valence-corrected chi connectivity index (χ1v) is 8.97. The van der Waals surface area contributed by atoms with Crippen molar-refractivity contribution in [2.75, 3.05) is 0 Å². The predicted octanol–water partition coefficient (Wildman–Crippen LogP) is 7.69. The number of hydrogen-bond donors (Lipinski definition) is 0. The van der Waals surface area contributed by atoms with E-state index >= 15 is 0 Å². The SMILES string of the molecule is CC.CC.c1ccc2cc3c(cc2c1)-c1cccc2cccc-3c12. The average molecular weight is 312 g/mol. The third-order valence-electron chi connectivity index (χ3n) is 4.37. The molecule has 0 nitrogen and oxygen atoms in total. The second-order valence-corrected chi connectivity index (χ2v) is 5.45. The van der Waals surface area contributed by atoms with Crippen molar-refractivity contribution < 1.29 is 0 Å². The van der Waals surface area contributed by atoms with Crippen LogP contribution in [0, 0.1) is 0 Å². The van der Waals surface area contributed by atoms with Gasteiger partial charge < -0.3 is 0 Å². The summed E-state index contributed by atoms with van der Waals surface area (Å²) in [7, 11) is 0. The first kappa shape index (κ1) is 16.3. The van der Waals surface area contributed by atoms with E-state index in [0.29, 0.717) is 0 Å². The van der Waals surface area contributed by atoms with Crippen LogP contribution in [0.3, 0.4) is 0 Å². The van der Waals surface area contributed by atoms with Gasteiger partial charge in [-0.25, -0.2) is 0 Å². The van der Waals surface area contributed by atoms with Crippen molar-refractivity contribution in [2.24, 2.45) is 0 Å². The summed E-state index contributed by atoms with van der Waals surface area (Å²) in [5.74, 6) is 0. The Bertz CT molecular complexity index is 916. The molecule has 0 atom stereocenters. The molecule has 0 radical (unpaired) electrons. The molecule has 4 aromatic rings. The zero-order valence-electron chi connectivity index (χ0n) is 14.9. The van der Waals surface area contributed by atoms with Crippen molar-refractivity contribution in [1.82, 2.24) is 0 Å². The number of benzene rings is 4. The lowest BCUT2D eigenvalue weighted by molar-refractivity contribution is 1.50. The van der Waals surface area contributed by atoms with Gasteiger partial charge >= 0.3 is 0 Å². The maximum absolute atomic E-state index is 2.33. The van der Waals surface area contributed by atoms with Gasteiger partial charge in [0.05, 0.1) is 0 Å². The monoisotopic (exact) mass is 312 g/mol. The third kappa shape index (κ3) is 2.39. The maximum Gasteiger partial charge on any atom is -0.00264 e. The van der Waals surface area contributed by atoms with E-state index in [1.165, 1.54) is 43.8 Å². The molecule has 0 aliphatic heterocycles. The Morgan fingerprint density at radius 1 is 0.417 bits per heavy atom. The molecule has 0 aromatic heterocycles. The van der Waals surface area contributed by atoms with Crippen molar-refractivity contribution in [3.05, 3.63) is 72.8 Å². The Hall–Kier alpha value is -2.60. The van der Waals surface area contributed by atoms with E-state index in [-0.39, 0.29) is 0 Å². The summed E-state index contributed by atoms with van der Waals surface area (Å²) < 4.78 is 0. The van der Waals surface area contributed by atoms with E-state index in [1.807, 2.05) is 27.7 Å². The zero-order valence-corrected chi connectivity index (χ0v) is 14.9. The average Bonchev–Trinajstić information content (AvgIpc) is 2.99. The van der Waals surface area contributed by atoms with Crippen LogP contribution in [0.1, 0.15) is 27.7 Å². The summed E-state index contributed by atoms with van der Waals surface area (Å²) in [5, 5.41) is 5.37. The van der Waals surface area contributed by atoms with Crippen LogP contribution in [-0.4, -0.2) is 0 Å². The largest absolute Gasteiger partial charge is 0.0683 e. The van der Waals surface area contributed by atoms with Gasteiger partial charge in [-0.3, -0.25) is 0 Å². The molecule has 0 bridgehead atoms. The molecule has 0 saturated heterocycles. The lowest BCUT2D eigenvalue weighted by atomic mass is 9.99. The van der Waals surface area contributed by atoms with E-state index in [1.54, 1.807) is 0 Å². The van der Waals surface area contributed by atoms with Crippen LogP contribution in [0.25, 0.3) is 43.8 Å². The van der Waals surface area contributed by atoms with E-state index < -0.39 is 0 Å². The van der Waals surface area contributed by atoms with Gasteiger partial charge in [0.15, 0.2) is 0 Å². The maximum atomic E-state index is 2.33. The second-order valence-electron chi connectivity index (χ2n) is 5.45. The number of rotatable bonds is 0. The highest BCUT2D eigenvalue weighted by Gasteiger charge is 2.20. The molecule has 1 aliphatic rings. The van der Waals surface area contributed by atoms with E-state index in [0.717, 1.165) is 0 Å². The Kier molecular flexibility index (Phi) is 4.66. The zero-order chi connectivity index (χ0) is 17.1. The fourth-order valence-electron chi connectivity index (χ4n) is 3.48. The molecule has 0 N–H and O–H groups in total. The van der Waals surface area contributed by atoms with Gasteiger partial charge in [0.2, 0.25) is 0 Å². The summed E-state index contributed by atoms with van der Waals surface area (Å²) in [4.78, 5) is 0. The Labute approximate surface area is 144 Å². The first-order chi connectivity index (χ1) is 11.9. The highest BCUT2D eigenvalue weighted by Crippen LogP contribution is 2.48. The van der Waals surface area contributed by atoms with Gasteiger partial charge in [0.25, 0.3) is 0 Å². The van der Waals surface area contributed by atoms with Crippen LogP contribution in [-0.2, 0) is 0 Å². The third-order valence-corrected chi connectivity index (χ3v) is 4.37. The molecule has 120 valence electrons. The first-order valence-electron chi connectivity index (χ1n) is 8.97. The van der Waals surface area contributed by atoms with Crippen LogP contribution in [0.15, 0.2) is 72.8 Å². The highest BCUT2D eigenvalue weighted by atomic mass is 14.2. The van der Waals surface area contributed by atoms with Crippen molar-refractivity contribution in [2.45, 2.75) is 27.7 Å². The quantitative estimate of drug-likeness (QED) is 0.275. The van der Waals surface area contributed by atoms with Crippen LogP contribution in [0.5, 0.6) is 0 Å². The summed E-state index contributed by atoms with van der Waals surface area (Å²) in [6.45, 7) is 8.00. The lowest BCUT2D eigenvalue weighted by Crippen LogP contribution is -1.78. The van der Waals surface area contributed by atoms with Crippen molar-refractivity contribution in [1.29, 1.82) is 0 Å². The van der Waals surface area contributed by atoms with Gasteiger partial charge in [-0.1, -0.05) is 88.4 Å². The Morgan fingerprint density at radius 2 is 0.833 bits per heavy atom. The van der Waals surface area contributed by atoms with Crippen LogP contribution in [0.4, 0.5) is 0 Å². The molecule has 0 fully saturated rings. The van der Waals surface area contributed by atoms with Gasteiger partial charge in [0.1, 0.15) is 0 Å². The fraction of sp³-hybridized carbons (Fsp3) is 0.167. The van der Waals surface area contributed by atoms with Crippen molar-refractivity contribution >= 4 is 21.5 Å². The Morgan fingerprint density at radius 3 is 1.29 bits per heavy atom. The lowest BCUT2D eigenvalue weighted by Gasteiger charge is -2.05. The highest BCUT2D eigenvalue weighted by molar-refractivity contribution is 6.17. The minimum Gasteiger partial charge on any atom is -0.0683 e. The molecule has 1 aliphatic carbocycles. The molecule has 0 saturated carbocycles. The van der Waals surface area contributed by atoms with Crippen LogP contribution in [0.2, 0.25) is 0 Å². The van der Waals surface area contributed by atoms with E-state index in [2.05, 4.69) is 72.8 Å². The van der Waals surface area contributed by atoms with E-state index in [4.69, 9.17) is 0 Å². The van der Waals surface area contributed by atoms with Crippen LogP contribution < -0.4 is 0 Å². The number of hydrogen-bond acceptors (Lipinski definition) is 0. The molecule has 24 heavy (non-hydrogen) atoms. The van der Waals surface area contributed by atoms with Gasteiger partial charge in [-0.15, -0.1) is 0 Å². The van der Waals surface area contributed by atoms with E-state index in [9.17, 15) is 0 Å². The molecular weight excluding hydrogens is 288 g/mol. The van der Waals surface area contributed by atoms with Gasteiger partial charge in [0, 0.05) is 0 Å². The number of fused-ring (bicyclic) bond motifs is 4. The molecule has 5 rings (SSSR count). The summed E-state index contributed by atoms with van der Waals surface area (Å²) in [6.07, 6.45) is 0. The van der Waals surface area contributed by atoms with Crippen molar-refractivity contribution in [3.63, 3.8) is 0 Å². The standard InChI is InChI=1S/C20H12.2C2H6/c1-2-6-15-12-19-17-10-4-8-13-7-3-9-16(20(13)17)18(19)11-14(15)5-1;2*1-2/h1-12H;2*1-2H3.